The largest absolute Gasteiger partial charge is 0.387 e. The Labute approximate surface area is 129 Å². The van der Waals surface area contributed by atoms with Crippen molar-refractivity contribution in [1.82, 2.24) is 0 Å². The Morgan fingerprint density at radius 3 is 2.32 bits per heavy atom. The fourth-order valence-corrected chi connectivity index (χ4v) is 3.24. The van der Waals surface area contributed by atoms with Crippen molar-refractivity contribution in [2.45, 2.75) is 75.6 Å². The molecule has 1 rings (SSSR count). The van der Waals surface area contributed by atoms with Gasteiger partial charge in [-0.2, -0.15) is 0 Å². The van der Waals surface area contributed by atoms with Gasteiger partial charge in [0.25, 0.3) is 0 Å². The van der Waals surface area contributed by atoms with E-state index in [9.17, 15) is 28.5 Å². The van der Waals surface area contributed by atoms with Crippen molar-refractivity contribution >= 4 is 15.4 Å². The molecule has 2 unspecified atom stereocenters. The predicted octanol–water partition coefficient (Wildman–Crippen LogP) is 1.37. The van der Waals surface area contributed by atoms with Gasteiger partial charge in [0.15, 0.2) is 5.34 Å². The molecule has 0 amide bonds. The highest BCUT2D eigenvalue weighted by Crippen LogP contribution is 2.59. The van der Waals surface area contributed by atoms with Gasteiger partial charge in [0.1, 0.15) is 20.1 Å². The van der Waals surface area contributed by atoms with Crippen LogP contribution in [0.2, 0.25) is 0 Å². The average Bonchev–Trinajstić information content (AvgIpc) is 2.65. The second-order valence-corrected chi connectivity index (χ2v) is 7.88. The zero-order valence-corrected chi connectivity index (χ0v) is 13.7. The lowest BCUT2D eigenvalue weighted by Crippen LogP contribution is -2.38. The number of hydrogen-bond donors (Lipinski definition) is 3. The quantitative estimate of drug-likeness (QED) is 0.478. The fourth-order valence-electron chi connectivity index (χ4n) is 1.99. The first-order valence-corrected chi connectivity index (χ1v) is 8.65. The summed E-state index contributed by atoms with van der Waals surface area (Å²) in [4.78, 5) is 9.79. The first kappa shape index (κ1) is 20.0. The van der Waals surface area contributed by atoms with Crippen LogP contribution in [-0.4, -0.2) is 58.5 Å². The van der Waals surface area contributed by atoms with Gasteiger partial charge < -0.3 is 19.8 Å². The molecule has 1 aliphatic heterocycles. The summed E-state index contributed by atoms with van der Waals surface area (Å²) in [5.74, 6) is -2.68. The van der Waals surface area contributed by atoms with Gasteiger partial charge >= 0.3 is 7.60 Å². The smallest absolute Gasteiger partial charge is 0.361 e. The molecule has 0 aromatic carbocycles. The summed E-state index contributed by atoms with van der Waals surface area (Å²) in [6, 6.07) is -1.40. The van der Waals surface area contributed by atoms with E-state index in [1.807, 2.05) is 0 Å². The molecule has 10 heteroatoms. The van der Waals surface area contributed by atoms with Gasteiger partial charge in [-0.25, -0.2) is 8.78 Å². The summed E-state index contributed by atoms with van der Waals surface area (Å²) in [6.45, 7) is 3.84. The Morgan fingerprint density at radius 1 is 1.41 bits per heavy atom. The van der Waals surface area contributed by atoms with Crippen molar-refractivity contribution in [1.29, 1.82) is 0 Å². The van der Waals surface area contributed by atoms with Gasteiger partial charge in [0.05, 0.1) is 12.1 Å². The minimum Gasteiger partial charge on any atom is -0.387 e. The molecule has 2 radical (unpaired) electrons. The average molecular weight is 342 g/mol. The van der Waals surface area contributed by atoms with E-state index in [0.29, 0.717) is 0 Å². The third-order valence-corrected chi connectivity index (χ3v) is 6.06. The van der Waals surface area contributed by atoms with Crippen LogP contribution in [0.15, 0.2) is 0 Å². The number of aliphatic hydroxyl groups is 2. The Kier molecular flexibility index (Phi) is 6.21. The van der Waals surface area contributed by atoms with Gasteiger partial charge in [-0.15, -0.1) is 0 Å². The van der Waals surface area contributed by atoms with Crippen LogP contribution in [0.1, 0.15) is 40.0 Å². The van der Waals surface area contributed by atoms with Gasteiger partial charge in [0, 0.05) is 12.8 Å². The Bertz CT molecular complexity index is 440. The maximum Gasteiger partial charge on any atom is 0.361 e. The highest BCUT2D eigenvalue weighted by atomic mass is 31.2. The topological polar surface area (TPSA) is 96.2 Å². The van der Waals surface area contributed by atoms with Gasteiger partial charge in [-0.05, 0) is 13.3 Å². The van der Waals surface area contributed by atoms with Crippen LogP contribution in [0.4, 0.5) is 8.78 Å². The molecule has 6 nitrogen and oxygen atoms in total. The minimum absolute atomic E-state index is 0.138. The maximum absolute atomic E-state index is 14.7. The summed E-state index contributed by atoms with van der Waals surface area (Å²) < 4.78 is 49.8. The molecule has 0 bridgehead atoms. The van der Waals surface area contributed by atoms with Crippen LogP contribution in [0.5, 0.6) is 0 Å². The zero-order chi connectivity index (χ0) is 17.3. The summed E-state index contributed by atoms with van der Waals surface area (Å²) >= 11 is 0. The minimum atomic E-state index is -4.72. The number of hydrogen-bond acceptors (Lipinski definition) is 5. The van der Waals surface area contributed by atoms with Crippen molar-refractivity contribution in [2.75, 3.05) is 0 Å². The molecule has 0 saturated carbocycles. The van der Waals surface area contributed by atoms with Gasteiger partial charge in [-0.3, -0.25) is 9.09 Å². The molecule has 3 N–H and O–H groups in total. The number of rotatable bonds is 7. The molecule has 1 aliphatic rings. The molecule has 0 aromatic rings. The normalized spacial score (nSPS) is 37.3. The van der Waals surface area contributed by atoms with E-state index < -0.39 is 49.6 Å². The molecule has 0 spiro atoms. The molecule has 1 saturated heterocycles. The van der Waals surface area contributed by atoms with Gasteiger partial charge in [0.2, 0.25) is 5.85 Å². The molecular weight excluding hydrogens is 320 g/mol. The van der Waals surface area contributed by atoms with Crippen LogP contribution in [0.25, 0.3) is 0 Å². The standard InChI is InChI=1S/C12H22BF2O6P/c1-4-11(3,17)22(18,19)21-12(15,5-2)6-7-9(16)8(14)10(13)20-7/h7-10,16-17H,4-6H2,1-3H3,(H,18,19)/t7-,8-,9-,10-,11?,12-/m1/s1. The van der Waals surface area contributed by atoms with E-state index in [1.54, 1.807) is 0 Å². The molecule has 0 aliphatic carbocycles. The second-order valence-electron chi connectivity index (χ2n) is 5.70. The van der Waals surface area contributed by atoms with E-state index in [-0.39, 0.29) is 12.8 Å². The lowest BCUT2D eigenvalue weighted by Gasteiger charge is -2.34. The monoisotopic (exact) mass is 342 g/mol. The van der Waals surface area contributed by atoms with Crippen molar-refractivity contribution in [2.24, 2.45) is 0 Å². The number of aliphatic hydroxyl groups excluding tert-OH is 1. The number of halogens is 2. The van der Waals surface area contributed by atoms with Crippen LogP contribution < -0.4 is 0 Å². The first-order chi connectivity index (χ1) is 9.89. The third-order valence-electron chi connectivity index (χ3n) is 3.95. The highest BCUT2D eigenvalue weighted by molar-refractivity contribution is 7.54. The molecule has 1 heterocycles. The van der Waals surface area contributed by atoms with Crippen molar-refractivity contribution < 1.29 is 37.7 Å². The Balaban J connectivity index is 2.87. The Morgan fingerprint density at radius 2 is 1.95 bits per heavy atom. The van der Waals surface area contributed by atoms with Crippen LogP contribution >= 0.6 is 7.60 Å². The highest BCUT2D eigenvalue weighted by Gasteiger charge is 2.51. The molecule has 1 fully saturated rings. The van der Waals surface area contributed by atoms with E-state index in [1.165, 1.54) is 13.8 Å². The molecular formula is C12H22BF2O6P. The van der Waals surface area contributed by atoms with Crippen LogP contribution in [0, 0.1) is 0 Å². The summed E-state index contributed by atoms with van der Waals surface area (Å²) in [5.41, 5.74) is 0. The van der Waals surface area contributed by atoms with E-state index >= 15 is 0 Å². The first-order valence-electron chi connectivity index (χ1n) is 7.07. The second kappa shape index (κ2) is 6.83. The Hall–Kier alpha value is -0.0451. The lowest BCUT2D eigenvalue weighted by molar-refractivity contribution is -0.124. The van der Waals surface area contributed by atoms with Crippen molar-refractivity contribution in [3.8, 4) is 0 Å². The fraction of sp³-hybridized carbons (Fsp3) is 1.00. The van der Waals surface area contributed by atoms with Crippen molar-refractivity contribution in [3.05, 3.63) is 0 Å². The summed E-state index contributed by atoms with van der Waals surface area (Å²) in [6.07, 6.45) is -6.06. The number of ether oxygens (including phenoxy) is 1. The molecule has 0 aromatic heterocycles. The van der Waals surface area contributed by atoms with E-state index in [2.05, 4.69) is 4.52 Å². The zero-order valence-electron chi connectivity index (χ0n) is 12.8. The SMILES string of the molecule is [B][C@@H]1O[C@H](C[C@@](F)(CC)OP(=O)(O)C(C)(O)CC)[C@@H](O)[C@H]1F. The maximum atomic E-state index is 14.7. The van der Waals surface area contributed by atoms with Crippen LogP contribution in [0.3, 0.4) is 0 Å². The predicted molar refractivity (Wildman–Crippen MR) is 75.9 cm³/mol. The van der Waals surface area contributed by atoms with E-state index in [4.69, 9.17) is 12.6 Å². The van der Waals surface area contributed by atoms with Crippen molar-refractivity contribution in [3.63, 3.8) is 0 Å². The number of alkyl halides is 2. The molecule has 22 heavy (non-hydrogen) atoms. The van der Waals surface area contributed by atoms with Gasteiger partial charge in [-0.1, -0.05) is 13.8 Å². The third kappa shape index (κ3) is 4.07. The lowest BCUT2D eigenvalue weighted by atomic mass is 9.93. The molecule has 128 valence electrons. The molecule has 7 atom stereocenters. The summed E-state index contributed by atoms with van der Waals surface area (Å²) in [7, 11) is 0.551. The van der Waals surface area contributed by atoms with Crippen LogP contribution in [-0.2, 0) is 13.8 Å². The van der Waals surface area contributed by atoms with E-state index in [0.717, 1.165) is 6.92 Å². The summed E-state index contributed by atoms with van der Waals surface area (Å²) in [5, 5.41) is 17.3.